The maximum absolute atomic E-state index is 6.90. The molecule has 3 heterocycles. The van der Waals surface area contributed by atoms with E-state index in [9.17, 15) is 0 Å². The van der Waals surface area contributed by atoms with Crippen molar-refractivity contribution in [2.24, 2.45) is 0 Å². The highest BCUT2D eigenvalue weighted by atomic mass is 32.1. The van der Waals surface area contributed by atoms with Gasteiger partial charge < -0.3 is 9.32 Å². The predicted octanol–water partition coefficient (Wildman–Crippen LogP) is 17.0. The van der Waals surface area contributed by atoms with Gasteiger partial charge in [0.15, 0.2) is 5.58 Å². The Kier molecular flexibility index (Phi) is 7.78. The first-order valence-electron chi connectivity index (χ1n) is 21.1. The first-order chi connectivity index (χ1) is 30.8. The average molecular weight is 809 g/mol. The van der Waals surface area contributed by atoms with Gasteiger partial charge in [0.25, 0.3) is 0 Å². The average Bonchev–Trinajstić information content (AvgIpc) is 4.01. The summed E-state index contributed by atoms with van der Waals surface area (Å²) >= 11 is 1.86. The van der Waals surface area contributed by atoms with Gasteiger partial charge in [-0.15, -0.1) is 11.3 Å². The summed E-state index contributed by atoms with van der Waals surface area (Å²) in [4.78, 5) is 2.42. The maximum atomic E-state index is 6.90. The van der Waals surface area contributed by atoms with Crippen molar-refractivity contribution in [1.29, 1.82) is 0 Å². The summed E-state index contributed by atoms with van der Waals surface area (Å²) in [6.45, 7) is 0. The van der Waals surface area contributed by atoms with E-state index in [4.69, 9.17) is 4.42 Å². The van der Waals surface area contributed by atoms with Gasteiger partial charge in [-0.1, -0.05) is 170 Å². The molecule has 0 fully saturated rings. The van der Waals surface area contributed by atoms with Crippen LogP contribution >= 0.6 is 11.3 Å². The highest BCUT2D eigenvalue weighted by Gasteiger charge is 2.24. The third-order valence-electron chi connectivity index (χ3n) is 12.6. The molecule has 0 spiro atoms. The molecule has 0 unspecified atom stereocenters. The minimum Gasteiger partial charge on any atom is -0.438 e. The van der Waals surface area contributed by atoms with Crippen LogP contribution in [-0.4, -0.2) is 4.40 Å². The van der Waals surface area contributed by atoms with Crippen LogP contribution in [0.1, 0.15) is 0 Å². The quantitative estimate of drug-likeness (QED) is 0.167. The van der Waals surface area contributed by atoms with Crippen LogP contribution in [0.4, 0.5) is 17.1 Å². The van der Waals surface area contributed by atoms with Gasteiger partial charge in [-0.05, 0) is 92.3 Å². The summed E-state index contributed by atoms with van der Waals surface area (Å²) in [7, 11) is 0. The van der Waals surface area contributed by atoms with E-state index in [2.05, 4.69) is 228 Å². The SMILES string of the molecule is c1ccc2c(-c3ccc(N(c4ccc(-c5cccc6oc7c(-c8cccc9ccccc89)c8ccccc8n7c56)cc4)c4cccc5c4sc4ccccc45)cc3)cccc2c1. The van der Waals surface area contributed by atoms with Crippen molar-refractivity contribution in [1.82, 2.24) is 4.40 Å². The van der Waals surface area contributed by atoms with Gasteiger partial charge in [-0.2, -0.15) is 0 Å². The fourth-order valence-electron chi connectivity index (χ4n) is 9.80. The highest BCUT2D eigenvalue weighted by Crippen LogP contribution is 2.47. The molecule has 0 saturated heterocycles. The smallest absolute Gasteiger partial charge is 0.213 e. The summed E-state index contributed by atoms with van der Waals surface area (Å²) in [6.07, 6.45) is 0. The van der Waals surface area contributed by atoms with E-state index in [0.717, 1.165) is 56.1 Å². The molecule has 0 aliphatic rings. The molecule has 0 bridgehead atoms. The summed E-state index contributed by atoms with van der Waals surface area (Å²) in [5, 5.41) is 8.66. The van der Waals surface area contributed by atoms with Crippen molar-refractivity contribution in [3.63, 3.8) is 0 Å². The van der Waals surface area contributed by atoms with Gasteiger partial charge in [0.1, 0.15) is 0 Å². The third-order valence-corrected chi connectivity index (χ3v) is 13.8. The van der Waals surface area contributed by atoms with Crippen LogP contribution in [0.25, 0.3) is 103 Å². The molecule has 0 atom stereocenters. The zero-order chi connectivity index (χ0) is 40.7. The molecular formula is C58H36N2OS. The number of nitrogens with zero attached hydrogens (tertiary/aromatic N) is 2. The molecule has 0 amide bonds. The molecule has 290 valence electrons. The number of para-hydroxylation sites is 2. The number of fused-ring (bicyclic) bond motifs is 10. The van der Waals surface area contributed by atoms with E-state index in [-0.39, 0.29) is 0 Å². The lowest BCUT2D eigenvalue weighted by Crippen LogP contribution is -2.10. The normalized spacial score (nSPS) is 11.9. The Bertz CT molecular complexity index is 3860. The summed E-state index contributed by atoms with van der Waals surface area (Å²) in [6, 6.07) is 79.1. The van der Waals surface area contributed by atoms with E-state index < -0.39 is 0 Å². The van der Waals surface area contributed by atoms with Gasteiger partial charge in [0.05, 0.1) is 27.0 Å². The molecule has 0 aliphatic heterocycles. The summed E-state index contributed by atoms with van der Waals surface area (Å²) in [5.74, 6) is 0. The van der Waals surface area contributed by atoms with Crippen LogP contribution in [0.2, 0.25) is 0 Å². The van der Waals surface area contributed by atoms with Gasteiger partial charge in [-0.25, -0.2) is 0 Å². The minimum atomic E-state index is 0.858. The van der Waals surface area contributed by atoms with Crippen molar-refractivity contribution in [2.45, 2.75) is 0 Å². The molecular weight excluding hydrogens is 773 g/mol. The fraction of sp³-hybridized carbons (Fsp3) is 0. The number of oxazole rings is 1. The molecule has 13 aromatic rings. The first kappa shape index (κ1) is 34.9. The lowest BCUT2D eigenvalue weighted by atomic mass is 9.98. The summed E-state index contributed by atoms with van der Waals surface area (Å²) in [5.41, 5.74) is 14.2. The van der Waals surface area contributed by atoms with Crippen molar-refractivity contribution in [3.8, 4) is 33.4 Å². The zero-order valence-electron chi connectivity index (χ0n) is 33.5. The molecule has 3 nitrogen and oxygen atoms in total. The molecule has 0 aliphatic carbocycles. The number of anilines is 3. The van der Waals surface area contributed by atoms with Crippen molar-refractivity contribution in [2.75, 3.05) is 4.90 Å². The van der Waals surface area contributed by atoms with Crippen molar-refractivity contribution < 1.29 is 4.42 Å². The van der Waals surface area contributed by atoms with Gasteiger partial charge in [-0.3, -0.25) is 4.40 Å². The van der Waals surface area contributed by atoms with E-state index in [1.807, 2.05) is 11.3 Å². The molecule has 0 N–H and O–H groups in total. The second-order valence-corrected chi connectivity index (χ2v) is 17.1. The molecule has 10 aromatic carbocycles. The van der Waals surface area contributed by atoms with Crippen LogP contribution in [0.5, 0.6) is 0 Å². The van der Waals surface area contributed by atoms with Gasteiger partial charge >= 0.3 is 0 Å². The molecule has 0 radical (unpaired) electrons. The Morgan fingerprint density at radius 1 is 0.403 bits per heavy atom. The maximum Gasteiger partial charge on any atom is 0.213 e. The number of thiophene rings is 1. The number of hydrogen-bond acceptors (Lipinski definition) is 3. The molecule has 3 aromatic heterocycles. The molecule has 62 heavy (non-hydrogen) atoms. The summed E-state index contributed by atoms with van der Waals surface area (Å²) < 4.78 is 11.8. The van der Waals surface area contributed by atoms with Crippen LogP contribution < -0.4 is 4.90 Å². The van der Waals surface area contributed by atoms with Gasteiger partial charge in [0.2, 0.25) is 5.71 Å². The van der Waals surface area contributed by atoms with E-state index >= 15 is 0 Å². The zero-order valence-corrected chi connectivity index (χ0v) is 34.3. The van der Waals surface area contributed by atoms with Crippen LogP contribution in [0, 0.1) is 0 Å². The van der Waals surface area contributed by atoms with Crippen LogP contribution in [0.3, 0.4) is 0 Å². The van der Waals surface area contributed by atoms with Crippen molar-refractivity contribution >= 4 is 97.8 Å². The Hall–Kier alpha value is -7.92. The van der Waals surface area contributed by atoms with E-state index in [1.54, 1.807) is 0 Å². The van der Waals surface area contributed by atoms with Crippen LogP contribution in [0.15, 0.2) is 223 Å². The topological polar surface area (TPSA) is 20.8 Å². The second-order valence-electron chi connectivity index (χ2n) is 16.0. The minimum absolute atomic E-state index is 0.858. The van der Waals surface area contributed by atoms with Crippen molar-refractivity contribution in [3.05, 3.63) is 218 Å². The molecule has 13 rings (SSSR count). The van der Waals surface area contributed by atoms with Gasteiger partial charge in [0, 0.05) is 37.8 Å². The van der Waals surface area contributed by atoms with E-state index in [0.29, 0.717) is 0 Å². The standard InChI is InChI=1S/C58H36N2OS/c1-3-17-43-37(13-1)15-9-21-44(43)39-29-33-41(34-30-39)59(52-26-11-24-49-47-19-6-8-28-54(47)62-57(49)52)42-35-31-40(32-36-42)46-22-12-27-53-56(46)60-51-25-7-5-20-50(51)55(58(60)61-53)48-23-10-16-38-14-2-4-18-45(38)48/h1-36H. The Balaban J connectivity index is 0.975. The first-order valence-corrected chi connectivity index (χ1v) is 21.9. The molecule has 4 heteroatoms. The molecule has 0 saturated carbocycles. The Morgan fingerprint density at radius 2 is 0.935 bits per heavy atom. The number of aromatic nitrogens is 1. The van der Waals surface area contributed by atoms with Crippen LogP contribution in [-0.2, 0) is 0 Å². The predicted molar refractivity (Wildman–Crippen MR) is 264 cm³/mol. The largest absolute Gasteiger partial charge is 0.438 e. The Morgan fingerprint density at radius 3 is 1.68 bits per heavy atom. The lowest BCUT2D eigenvalue weighted by molar-refractivity contribution is 0.658. The van der Waals surface area contributed by atoms with E-state index in [1.165, 1.54) is 63.8 Å². The number of hydrogen-bond donors (Lipinski definition) is 0. The monoisotopic (exact) mass is 808 g/mol. The lowest BCUT2D eigenvalue weighted by Gasteiger charge is -2.26. The Labute approximate surface area is 361 Å². The third kappa shape index (κ3) is 5.30. The number of rotatable bonds is 6. The number of benzene rings is 10. The highest BCUT2D eigenvalue weighted by molar-refractivity contribution is 7.26. The fourth-order valence-corrected chi connectivity index (χ4v) is 11.0. The second kappa shape index (κ2) is 13.8.